The summed E-state index contributed by atoms with van der Waals surface area (Å²) in [6.07, 6.45) is 0. The lowest BCUT2D eigenvalue weighted by Crippen LogP contribution is -1.90. The molecule has 0 aliphatic rings. The molecule has 0 radical (unpaired) electrons. The van der Waals surface area contributed by atoms with Crippen molar-refractivity contribution in [2.45, 2.75) is 0 Å². The Balaban J connectivity index is 2.32. The molecule has 1 aromatic carbocycles. The molecular weight excluding hydrogens is 354 g/mol. The maximum atomic E-state index is 6.07. The number of thiazole rings is 1. The summed E-state index contributed by atoms with van der Waals surface area (Å²) >= 11 is 22.5. The fourth-order valence-corrected chi connectivity index (χ4v) is 2.72. The first-order chi connectivity index (χ1) is 7.58. The van der Waals surface area contributed by atoms with Crippen LogP contribution in [0.15, 0.2) is 22.0 Å². The molecule has 2 aromatic rings. The lowest BCUT2D eigenvalue weighted by Gasteiger charge is -2.07. The van der Waals surface area contributed by atoms with Gasteiger partial charge in [-0.2, -0.15) is 0 Å². The Morgan fingerprint density at radius 3 is 2.56 bits per heavy atom. The van der Waals surface area contributed by atoms with Crippen molar-refractivity contribution in [3.8, 4) is 0 Å². The van der Waals surface area contributed by atoms with Crippen molar-refractivity contribution >= 4 is 72.9 Å². The maximum absolute atomic E-state index is 6.07. The molecule has 2 rings (SSSR count). The minimum Gasteiger partial charge on any atom is -0.330 e. The molecule has 0 unspecified atom stereocenters. The van der Waals surface area contributed by atoms with Crippen molar-refractivity contribution < 1.29 is 0 Å². The molecule has 0 fully saturated rings. The number of benzene rings is 1. The molecule has 0 saturated carbocycles. The summed E-state index contributed by atoms with van der Waals surface area (Å²) in [6, 6.07) is 3.62. The van der Waals surface area contributed by atoms with Crippen molar-refractivity contribution in [2.24, 2.45) is 0 Å². The summed E-state index contributed by atoms with van der Waals surface area (Å²) in [5, 5.41) is 6.82. The minimum atomic E-state index is 0.447. The second-order valence-electron chi connectivity index (χ2n) is 2.82. The van der Waals surface area contributed by atoms with Crippen molar-refractivity contribution in [3.63, 3.8) is 0 Å². The largest absolute Gasteiger partial charge is 0.330 e. The van der Waals surface area contributed by atoms with E-state index in [4.69, 9.17) is 34.8 Å². The van der Waals surface area contributed by atoms with Crippen LogP contribution < -0.4 is 5.32 Å². The van der Waals surface area contributed by atoms with Gasteiger partial charge in [0, 0.05) is 9.85 Å². The molecule has 7 heteroatoms. The van der Waals surface area contributed by atoms with Crippen LogP contribution in [0.1, 0.15) is 0 Å². The van der Waals surface area contributed by atoms with E-state index in [1.807, 2.05) is 12.1 Å². The smallest absolute Gasteiger partial charge is 0.188 e. The molecule has 0 amide bonds. The van der Waals surface area contributed by atoms with E-state index in [0.29, 0.717) is 26.0 Å². The van der Waals surface area contributed by atoms with Crippen LogP contribution in [-0.2, 0) is 0 Å². The SMILES string of the molecule is Clc1csc(Nc2ccc(Br)c(Cl)c2Cl)n1. The van der Waals surface area contributed by atoms with E-state index in [1.54, 1.807) is 5.38 Å². The Morgan fingerprint density at radius 2 is 1.94 bits per heavy atom. The minimum absolute atomic E-state index is 0.447. The Morgan fingerprint density at radius 1 is 1.19 bits per heavy atom. The standard InChI is InChI=1S/C9H4BrCl3N2S/c10-4-1-2-5(8(13)7(4)12)14-9-15-6(11)3-16-9/h1-3H,(H,14,15). The van der Waals surface area contributed by atoms with Gasteiger partial charge in [-0.3, -0.25) is 0 Å². The van der Waals surface area contributed by atoms with Gasteiger partial charge < -0.3 is 5.32 Å². The number of rotatable bonds is 2. The normalized spacial score (nSPS) is 10.5. The van der Waals surface area contributed by atoms with E-state index in [2.05, 4.69) is 26.2 Å². The molecule has 0 atom stereocenters. The number of halogens is 4. The fourth-order valence-electron chi connectivity index (χ4n) is 1.05. The van der Waals surface area contributed by atoms with Gasteiger partial charge in [-0.05, 0) is 28.1 Å². The first-order valence-electron chi connectivity index (χ1n) is 4.09. The Labute approximate surface area is 120 Å². The number of hydrogen-bond donors (Lipinski definition) is 1. The van der Waals surface area contributed by atoms with E-state index >= 15 is 0 Å². The zero-order valence-electron chi connectivity index (χ0n) is 7.60. The van der Waals surface area contributed by atoms with Gasteiger partial charge in [0.1, 0.15) is 5.15 Å². The van der Waals surface area contributed by atoms with E-state index < -0.39 is 0 Å². The summed E-state index contributed by atoms with van der Waals surface area (Å²) in [6.45, 7) is 0. The molecule has 0 saturated heterocycles. The van der Waals surface area contributed by atoms with Gasteiger partial charge in [0.05, 0.1) is 15.7 Å². The number of hydrogen-bond acceptors (Lipinski definition) is 3. The monoisotopic (exact) mass is 356 g/mol. The number of anilines is 2. The third-order valence-corrected chi connectivity index (χ3v) is 4.60. The van der Waals surface area contributed by atoms with E-state index in [0.717, 1.165) is 4.47 Å². The van der Waals surface area contributed by atoms with E-state index in [1.165, 1.54) is 11.3 Å². The quantitative estimate of drug-likeness (QED) is 0.706. The maximum Gasteiger partial charge on any atom is 0.188 e. The van der Waals surface area contributed by atoms with Crippen molar-refractivity contribution in [1.82, 2.24) is 4.98 Å². The van der Waals surface area contributed by atoms with Crippen LogP contribution in [0.2, 0.25) is 15.2 Å². The highest BCUT2D eigenvalue weighted by Gasteiger charge is 2.09. The van der Waals surface area contributed by atoms with Crippen LogP contribution in [0.25, 0.3) is 0 Å². The van der Waals surface area contributed by atoms with Gasteiger partial charge >= 0.3 is 0 Å². The van der Waals surface area contributed by atoms with Crippen LogP contribution in [0, 0.1) is 0 Å². The van der Waals surface area contributed by atoms with Gasteiger partial charge in [-0.1, -0.05) is 34.8 Å². The zero-order chi connectivity index (χ0) is 11.7. The molecule has 16 heavy (non-hydrogen) atoms. The third-order valence-electron chi connectivity index (χ3n) is 1.75. The summed E-state index contributed by atoms with van der Waals surface area (Å²) < 4.78 is 0.752. The summed E-state index contributed by atoms with van der Waals surface area (Å²) in [7, 11) is 0. The average Bonchev–Trinajstić information content (AvgIpc) is 2.65. The molecule has 0 spiro atoms. The van der Waals surface area contributed by atoms with Crippen LogP contribution in [-0.4, -0.2) is 4.98 Å². The molecule has 0 bridgehead atoms. The van der Waals surface area contributed by atoms with Gasteiger partial charge in [-0.15, -0.1) is 11.3 Å². The molecule has 1 aromatic heterocycles. The number of nitrogens with zero attached hydrogens (tertiary/aromatic N) is 1. The van der Waals surface area contributed by atoms with E-state index in [9.17, 15) is 0 Å². The molecular formula is C9H4BrCl3N2S. The average molecular weight is 358 g/mol. The number of nitrogens with one attached hydrogen (secondary N) is 1. The van der Waals surface area contributed by atoms with Crippen LogP contribution >= 0.6 is 62.1 Å². The van der Waals surface area contributed by atoms with Crippen LogP contribution in [0.4, 0.5) is 10.8 Å². The van der Waals surface area contributed by atoms with Crippen LogP contribution in [0.3, 0.4) is 0 Å². The molecule has 1 heterocycles. The first kappa shape index (κ1) is 12.5. The van der Waals surface area contributed by atoms with Crippen molar-refractivity contribution in [3.05, 3.63) is 37.2 Å². The second-order valence-corrected chi connectivity index (χ2v) is 5.68. The van der Waals surface area contributed by atoms with E-state index in [-0.39, 0.29) is 0 Å². The number of aromatic nitrogens is 1. The van der Waals surface area contributed by atoms with Gasteiger partial charge in [0.15, 0.2) is 5.13 Å². The molecule has 0 aliphatic heterocycles. The Kier molecular flexibility index (Phi) is 3.97. The highest BCUT2D eigenvalue weighted by molar-refractivity contribution is 9.10. The first-order valence-corrected chi connectivity index (χ1v) is 6.90. The fraction of sp³-hybridized carbons (Fsp3) is 0. The molecule has 2 nitrogen and oxygen atoms in total. The topological polar surface area (TPSA) is 24.9 Å². The van der Waals surface area contributed by atoms with Crippen molar-refractivity contribution in [2.75, 3.05) is 5.32 Å². The van der Waals surface area contributed by atoms with Crippen molar-refractivity contribution in [1.29, 1.82) is 0 Å². The Bertz CT molecular complexity index is 529. The highest BCUT2D eigenvalue weighted by atomic mass is 79.9. The van der Waals surface area contributed by atoms with Gasteiger partial charge in [0.2, 0.25) is 0 Å². The summed E-state index contributed by atoms with van der Waals surface area (Å²) in [5.41, 5.74) is 0.695. The lowest BCUT2D eigenvalue weighted by molar-refractivity contribution is 1.39. The third kappa shape index (κ3) is 2.63. The molecule has 0 aliphatic carbocycles. The molecule has 84 valence electrons. The van der Waals surface area contributed by atoms with Crippen LogP contribution in [0.5, 0.6) is 0 Å². The lowest BCUT2D eigenvalue weighted by atomic mass is 10.3. The van der Waals surface area contributed by atoms with Gasteiger partial charge in [-0.25, -0.2) is 4.98 Å². The predicted octanol–water partition coefficient (Wildman–Crippen LogP) is 5.61. The van der Waals surface area contributed by atoms with Gasteiger partial charge in [0.25, 0.3) is 0 Å². The highest BCUT2D eigenvalue weighted by Crippen LogP contribution is 2.37. The predicted molar refractivity (Wildman–Crippen MR) is 74.6 cm³/mol. The molecule has 1 N–H and O–H groups in total. The summed E-state index contributed by atoms with van der Waals surface area (Å²) in [4.78, 5) is 4.06. The summed E-state index contributed by atoms with van der Waals surface area (Å²) in [5.74, 6) is 0. The Hall–Kier alpha value is -0.000000000000000167. The second kappa shape index (κ2) is 5.10. The zero-order valence-corrected chi connectivity index (χ0v) is 12.3.